The molecule has 1 aliphatic rings. The first-order valence-electron chi connectivity index (χ1n) is 10.4. The van der Waals surface area contributed by atoms with E-state index in [0.29, 0.717) is 48.0 Å². The highest BCUT2D eigenvalue weighted by molar-refractivity contribution is 6.03. The molecule has 1 fully saturated rings. The summed E-state index contributed by atoms with van der Waals surface area (Å²) in [6.07, 6.45) is 2.07. The van der Waals surface area contributed by atoms with Crippen molar-refractivity contribution in [1.82, 2.24) is 14.7 Å². The molecule has 2 N–H and O–H groups in total. The van der Waals surface area contributed by atoms with Gasteiger partial charge in [-0.15, -0.1) is 0 Å². The summed E-state index contributed by atoms with van der Waals surface area (Å²) in [7, 11) is 3.03. The topological polar surface area (TPSA) is 99.7 Å². The van der Waals surface area contributed by atoms with Gasteiger partial charge in [0.05, 0.1) is 37.2 Å². The molecule has 8 nitrogen and oxygen atoms in total. The second-order valence-electron chi connectivity index (χ2n) is 7.83. The molecule has 1 amide bonds. The number of carbonyl (C=O) groups excluding carboxylic acids is 2. The van der Waals surface area contributed by atoms with Gasteiger partial charge in [-0.2, -0.15) is 5.10 Å². The third kappa shape index (κ3) is 3.79. The number of hydrogen-bond donors (Lipinski definition) is 1. The summed E-state index contributed by atoms with van der Waals surface area (Å²) in [5, 5.41) is 4.31. The number of methoxy groups -OCH3 is 2. The number of ether oxygens (including phenoxy) is 2. The molecule has 0 spiro atoms. The Labute approximate surface area is 186 Å². The van der Waals surface area contributed by atoms with Crippen molar-refractivity contribution in [2.24, 2.45) is 5.92 Å². The molecule has 166 valence electrons. The predicted molar refractivity (Wildman–Crippen MR) is 121 cm³/mol. The van der Waals surface area contributed by atoms with Gasteiger partial charge in [0.15, 0.2) is 17.3 Å². The molecule has 0 bridgehead atoms. The lowest BCUT2D eigenvalue weighted by molar-refractivity contribution is 0.0776. The molecular formula is C24H26N4O4. The molecule has 0 aliphatic carbocycles. The number of aromatic nitrogens is 2. The van der Waals surface area contributed by atoms with Crippen molar-refractivity contribution in [3.05, 3.63) is 65.4 Å². The van der Waals surface area contributed by atoms with Crippen LogP contribution in [0.1, 0.15) is 32.7 Å². The highest BCUT2D eigenvalue weighted by atomic mass is 16.5. The lowest BCUT2D eigenvalue weighted by Crippen LogP contribution is -2.30. The summed E-state index contributed by atoms with van der Waals surface area (Å²) in [5.41, 5.74) is 8.97. The largest absolute Gasteiger partial charge is 0.493 e. The fourth-order valence-corrected chi connectivity index (χ4v) is 4.04. The van der Waals surface area contributed by atoms with Gasteiger partial charge in [-0.25, -0.2) is 4.68 Å². The zero-order valence-electron chi connectivity index (χ0n) is 18.4. The summed E-state index contributed by atoms with van der Waals surface area (Å²) >= 11 is 0. The number of ketones is 1. The van der Waals surface area contributed by atoms with Crippen LogP contribution in [0.15, 0.2) is 48.7 Å². The van der Waals surface area contributed by atoms with Crippen molar-refractivity contribution in [2.45, 2.75) is 13.3 Å². The maximum Gasteiger partial charge on any atom is 0.257 e. The first kappa shape index (κ1) is 21.4. The summed E-state index contributed by atoms with van der Waals surface area (Å²) in [6.45, 7) is 2.79. The number of rotatable bonds is 6. The third-order valence-electron chi connectivity index (χ3n) is 5.83. The standard InChI is InChI=1S/C24H26N4O4/c1-15-7-9-17(10-8-15)28-23(25)19(13-26-28)21(29)16-11-12-27(14-16)24(30)18-5-4-6-20(31-2)22(18)32-3/h4-10,13,16H,11-12,14,25H2,1-3H3/t16-/m1/s1. The Morgan fingerprint density at radius 1 is 1.06 bits per heavy atom. The number of nitrogens with two attached hydrogens (primary N) is 1. The van der Waals surface area contributed by atoms with Crippen LogP contribution in [0.25, 0.3) is 5.69 Å². The number of likely N-dealkylation sites (tertiary alicyclic amines) is 1. The average molecular weight is 434 g/mol. The molecule has 1 atom stereocenters. The number of benzene rings is 2. The van der Waals surface area contributed by atoms with E-state index in [2.05, 4.69) is 5.10 Å². The van der Waals surface area contributed by atoms with Gasteiger partial charge in [0.25, 0.3) is 5.91 Å². The minimum Gasteiger partial charge on any atom is -0.493 e. The molecule has 2 aromatic carbocycles. The molecule has 2 heterocycles. The number of para-hydroxylation sites is 1. The molecule has 0 saturated carbocycles. The van der Waals surface area contributed by atoms with Crippen LogP contribution in [0.3, 0.4) is 0 Å². The Kier molecular flexibility index (Phi) is 5.85. The summed E-state index contributed by atoms with van der Waals surface area (Å²) < 4.78 is 12.2. The minimum atomic E-state index is -0.339. The predicted octanol–water partition coefficient (Wildman–Crippen LogP) is 3.13. The van der Waals surface area contributed by atoms with Crippen molar-refractivity contribution < 1.29 is 19.1 Å². The number of nitrogens with zero attached hydrogens (tertiary/aromatic N) is 3. The summed E-state index contributed by atoms with van der Waals surface area (Å²) in [4.78, 5) is 28.0. The zero-order chi connectivity index (χ0) is 22.8. The van der Waals surface area contributed by atoms with E-state index in [9.17, 15) is 9.59 Å². The maximum atomic E-state index is 13.2. The Morgan fingerprint density at radius 3 is 2.50 bits per heavy atom. The fraction of sp³-hybridized carbons (Fsp3) is 0.292. The van der Waals surface area contributed by atoms with E-state index in [1.165, 1.54) is 20.4 Å². The van der Waals surface area contributed by atoms with Gasteiger partial charge in [0.2, 0.25) is 0 Å². The smallest absolute Gasteiger partial charge is 0.257 e. The van der Waals surface area contributed by atoms with E-state index in [1.807, 2.05) is 31.2 Å². The van der Waals surface area contributed by atoms with E-state index >= 15 is 0 Å². The number of aryl methyl sites for hydroxylation is 1. The average Bonchev–Trinajstić information content (AvgIpc) is 3.45. The number of hydrogen-bond acceptors (Lipinski definition) is 6. The highest BCUT2D eigenvalue weighted by Gasteiger charge is 2.34. The van der Waals surface area contributed by atoms with Gasteiger partial charge in [-0.1, -0.05) is 23.8 Å². The Bertz CT molecular complexity index is 1150. The normalized spacial score (nSPS) is 15.6. The molecule has 1 aliphatic heterocycles. The van der Waals surface area contributed by atoms with E-state index in [4.69, 9.17) is 15.2 Å². The minimum absolute atomic E-state index is 0.103. The number of anilines is 1. The van der Waals surface area contributed by atoms with Crippen molar-refractivity contribution in [2.75, 3.05) is 33.0 Å². The Balaban J connectivity index is 1.51. The molecule has 3 aromatic rings. The molecule has 8 heteroatoms. The Hall–Kier alpha value is -3.81. The molecular weight excluding hydrogens is 408 g/mol. The monoisotopic (exact) mass is 434 g/mol. The highest BCUT2D eigenvalue weighted by Crippen LogP contribution is 2.33. The van der Waals surface area contributed by atoms with Crippen molar-refractivity contribution in [1.29, 1.82) is 0 Å². The van der Waals surface area contributed by atoms with Gasteiger partial charge in [0, 0.05) is 19.0 Å². The van der Waals surface area contributed by atoms with Crippen LogP contribution >= 0.6 is 0 Å². The number of Topliss-reactive ketones (excluding diaryl/α,β-unsaturated/α-hetero) is 1. The molecule has 0 unspecified atom stereocenters. The van der Waals surface area contributed by atoms with Crippen LogP contribution in [-0.4, -0.2) is 53.7 Å². The van der Waals surface area contributed by atoms with Crippen LogP contribution < -0.4 is 15.2 Å². The third-order valence-corrected chi connectivity index (χ3v) is 5.83. The van der Waals surface area contributed by atoms with Crippen molar-refractivity contribution in [3.8, 4) is 17.2 Å². The summed E-state index contributed by atoms with van der Waals surface area (Å²) in [6, 6.07) is 12.9. The number of amides is 1. The number of carbonyl (C=O) groups is 2. The van der Waals surface area contributed by atoms with Crippen LogP contribution in [0, 0.1) is 12.8 Å². The van der Waals surface area contributed by atoms with E-state index < -0.39 is 0 Å². The van der Waals surface area contributed by atoms with Crippen LogP contribution in [-0.2, 0) is 0 Å². The first-order chi connectivity index (χ1) is 15.4. The van der Waals surface area contributed by atoms with Crippen molar-refractivity contribution >= 4 is 17.5 Å². The van der Waals surface area contributed by atoms with Gasteiger partial charge >= 0.3 is 0 Å². The lowest BCUT2D eigenvalue weighted by Gasteiger charge is -2.19. The number of nitrogen functional groups attached to an aromatic ring is 1. The lowest BCUT2D eigenvalue weighted by atomic mass is 9.98. The van der Waals surface area contributed by atoms with Gasteiger partial charge in [0.1, 0.15) is 5.82 Å². The Morgan fingerprint density at radius 2 is 1.81 bits per heavy atom. The van der Waals surface area contributed by atoms with Gasteiger partial charge in [-0.3, -0.25) is 9.59 Å². The maximum absolute atomic E-state index is 13.2. The van der Waals surface area contributed by atoms with Crippen LogP contribution in [0.2, 0.25) is 0 Å². The van der Waals surface area contributed by atoms with Crippen molar-refractivity contribution in [3.63, 3.8) is 0 Å². The van der Waals surface area contributed by atoms with Gasteiger partial charge in [-0.05, 0) is 37.6 Å². The molecule has 4 rings (SSSR count). The van der Waals surface area contributed by atoms with E-state index in [-0.39, 0.29) is 17.6 Å². The fourth-order valence-electron chi connectivity index (χ4n) is 4.04. The van der Waals surface area contributed by atoms with E-state index in [0.717, 1.165) is 11.3 Å². The van der Waals surface area contributed by atoms with Crippen LogP contribution in [0.5, 0.6) is 11.5 Å². The van der Waals surface area contributed by atoms with Crippen LogP contribution in [0.4, 0.5) is 5.82 Å². The second kappa shape index (κ2) is 8.74. The zero-order valence-corrected chi connectivity index (χ0v) is 18.4. The second-order valence-corrected chi connectivity index (χ2v) is 7.83. The van der Waals surface area contributed by atoms with Gasteiger partial charge < -0.3 is 20.1 Å². The molecule has 32 heavy (non-hydrogen) atoms. The molecule has 1 saturated heterocycles. The molecule has 1 aromatic heterocycles. The SMILES string of the molecule is COc1cccc(C(=O)N2CC[C@@H](C(=O)c3cnn(-c4ccc(C)cc4)c3N)C2)c1OC. The van der Waals surface area contributed by atoms with E-state index in [1.54, 1.807) is 27.8 Å². The summed E-state index contributed by atoms with van der Waals surface area (Å²) in [5.74, 6) is 0.541. The first-order valence-corrected chi connectivity index (χ1v) is 10.4. The quantitative estimate of drug-likeness (QED) is 0.599. The molecule has 0 radical (unpaired) electrons.